The summed E-state index contributed by atoms with van der Waals surface area (Å²) in [6, 6.07) is 25.3. The molecular formula is C32H29FN4O4S2. The number of rotatable bonds is 10. The predicted octanol–water partition coefficient (Wildman–Crippen LogP) is 6.69. The number of anilines is 1. The van der Waals surface area contributed by atoms with Crippen LogP contribution in [0.2, 0.25) is 0 Å². The van der Waals surface area contributed by atoms with E-state index < -0.39 is 29.1 Å². The summed E-state index contributed by atoms with van der Waals surface area (Å²) in [7, 11) is 0. The monoisotopic (exact) mass is 616 g/mol. The number of benzene rings is 3. The van der Waals surface area contributed by atoms with Crippen molar-refractivity contribution in [3.63, 3.8) is 0 Å². The summed E-state index contributed by atoms with van der Waals surface area (Å²) in [6.45, 7) is 2.11. The van der Waals surface area contributed by atoms with Gasteiger partial charge in [-0.15, -0.1) is 11.3 Å². The van der Waals surface area contributed by atoms with E-state index in [-0.39, 0.29) is 12.5 Å². The first-order valence-corrected chi connectivity index (χ1v) is 15.3. The lowest BCUT2D eigenvalue weighted by Crippen LogP contribution is -2.41. The van der Waals surface area contributed by atoms with E-state index in [1.165, 1.54) is 23.9 Å². The zero-order chi connectivity index (χ0) is 30.2. The van der Waals surface area contributed by atoms with Crippen LogP contribution in [-0.4, -0.2) is 40.6 Å². The number of aliphatic imine (C=N–C) groups is 1. The summed E-state index contributed by atoms with van der Waals surface area (Å²) >= 11 is 2.94. The molecule has 1 saturated heterocycles. The second kappa shape index (κ2) is 14.1. The number of ether oxygens (including phenoxy) is 1. The van der Waals surface area contributed by atoms with Crippen molar-refractivity contribution in [1.82, 2.24) is 10.2 Å². The van der Waals surface area contributed by atoms with Crippen molar-refractivity contribution in [3.05, 3.63) is 118 Å². The Morgan fingerprint density at radius 1 is 1.02 bits per heavy atom. The largest absolute Gasteiger partial charge is 0.445 e. The van der Waals surface area contributed by atoms with Gasteiger partial charge >= 0.3 is 6.09 Å². The van der Waals surface area contributed by atoms with Crippen LogP contribution < -0.4 is 10.6 Å². The second-order valence-electron chi connectivity index (χ2n) is 9.73. The number of carbonyl (C=O) groups excluding carboxylic acids is 3. The van der Waals surface area contributed by atoms with Crippen LogP contribution in [0.5, 0.6) is 0 Å². The molecule has 43 heavy (non-hydrogen) atoms. The zero-order valence-electron chi connectivity index (χ0n) is 23.2. The van der Waals surface area contributed by atoms with Gasteiger partial charge in [0.15, 0.2) is 5.17 Å². The molecule has 1 aromatic heterocycles. The van der Waals surface area contributed by atoms with E-state index in [4.69, 9.17) is 4.74 Å². The second-order valence-corrected chi connectivity index (χ2v) is 11.8. The van der Waals surface area contributed by atoms with E-state index in [1.807, 2.05) is 47.8 Å². The van der Waals surface area contributed by atoms with Gasteiger partial charge in [0.05, 0.1) is 5.69 Å². The van der Waals surface area contributed by atoms with Crippen LogP contribution >= 0.6 is 23.1 Å². The highest BCUT2D eigenvalue weighted by Gasteiger charge is 2.39. The fourth-order valence-corrected chi connectivity index (χ4v) is 6.19. The molecule has 5 rings (SSSR count). The van der Waals surface area contributed by atoms with Crippen LogP contribution in [0.25, 0.3) is 0 Å². The Bertz CT molecular complexity index is 1600. The number of halogens is 1. The van der Waals surface area contributed by atoms with Crippen LogP contribution in [0, 0.1) is 5.82 Å². The molecule has 1 fully saturated rings. The van der Waals surface area contributed by atoms with Crippen molar-refractivity contribution in [3.8, 4) is 0 Å². The van der Waals surface area contributed by atoms with Crippen LogP contribution in [-0.2, 0) is 27.4 Å². The van der Waals surface area contributed by atoms with E-state index in [2.05, 4.69) is 15.6 Å². The van der Waals surface area contributed by atoms with E-state index in [0.717, 1.165) is 16.0 Å². The summed E-state index contributed by atoms with van der Waals surface area (Å²) in [4.78, 5) is 45.8. The van der Waals surface area contributed by atoms with Gasteiger partial charge in [0.25, 0.3) is 0 Å². The van der Waals surface area contributed by atoms with Gasteiger partial charge in [0, 0.05) is 17.1 Å². The maximum absolute atomic E-state index is 13.8. The predicted molar refractivity (Wildman–Crippen MR) is 168 cm³/mol. The smallest absolute Gasteiger partial charge is 0.408 e. The van der Waals surface area contributed by atoms with Gasteiger partial charge < -0.3 is 15.4 Å². The van der Waals surface area contributed by atoms with Crippen molar-refractivity contribution in [2.75, 3.05) is 11.9 Å². The molecule has 2 atom stereocenters. The Morgan fingerprint density at radius 2 is 1.81 bits per heavy atom. The van der Waals surface area contributed by atoms with Crippen molar-refractivity contribution in [1.29, 1.82) is 0 Å². The standard InChI is InChI=1S/C32H29FN4O4S2/c1-21(34-32(40)41-20-22-7-3-2-4-8-22)29(38)35-25-14-12-23(13-15-25)28-30(39)37(17-16-27-11-6-18-42-27)31(43-28)36-26-10-5-9-24(33)19-26/h2-15,18-19,21,28H,16-17,20H2,1H3,(H,34,40)(H,35,38)/b36-31-/t21-,28?/m0/s1. The molecule has 2 N–H and O–H groups in total. The third-order valence-corrected chi connectivity index (χ3v) is 8.73. The average molecular weight is 617 g/mol. The third-order valence-electron chi connectivity index (χ3n) is 6.56. The minimum atomic E-state index is -0.839. The Hall–Kier alpha value is -4.48. The lowest BCUT2D eigenvalue weighted by Gasteiger charge is -2.16. The number of nitrogens with zero attached hydrogens (tertiary/aromatic N) is 2. The molecular weight excluding hydrogens is 588 g/mol. The third kappa shape index (κ3) is 8.08. The van der Waals surface area contributed by atoms with Gasteiger partial charge in [-0.25, -0.2) is 14.2 Å². The first kappa shape index (κ1) is 30.0. The minimum Gasteiger partial charge on any atom is -0.445 e. The molecule has 1 aliphatic rings. The molecule has 1 unspecified atom stereocenters. The van der Waals surface area contributed by atoms with Crippen molar-refractivity contribution in [2.24, 2.45) is 4.99 Å². The highest BCUT2D eigenvalue weighted by atomic mass is 32.2. The lowest BCUT2D eigenvalue weighted by molar-refractivity contribution is -0.126. The molecule has 0 aliphatic carbocycles. The number of nitrogens with one attached hydrogen (secondary N) is 2. The minimum absolute atomic E-state index is 0.0977. The molecule has 220 valence electrons. The Kier molecular flexibility index (Phi) is 9.85. The van der Waals surface area contributed by atoms with E-state index >= 15 is 0 Å². The molecule has 0 bridgehead atoms. The van der Waals surface area contributed by atoms with Gasteiger partial charge in [0.2, 0.25) is 11.8 Å². The van der Waals surface area contributed by atoms with Crippen molar-refractivity contribution < 1.29 is 23.5 Å². The summed E-state index contributed by atoms with van der Waals surface area (Å²) in [5.41, 5.74) is 2.53. The maximum atomic E-state index is 13.8. The Balaban J connectivity index is 1.21. The molecule has 3 aromatic carbocycles. The molecule has 11 heteroatoms. The zero-order valence-corrected chi connectivity index (χ0v) is 24.9. The molecule has 8 nitrogen and oxygen atoms in total. The van der Waals surface area contributed by atoms with Gasteiger partial charge in [0.1, 0.15) is 23.7 Å². The molecule has 2 heterocycles. The number of amidine groups is 1. The molecule has 0 spiro atoms. The van der Waals surface area contributed by atoms with Crippen LogP contribution in [0.15, 0.2) is 101 Å². The fourth-order valence-electron chi connectivity index (χ4n) is 4.29. The van der Waals surface area contributed by atoms with Gasteiger partial charge in [-0.1, -0.05) is 66.4 Å². The van der Waals surface area contributed by atoms with Gasteiger partial charge in [-0.2, -0.15) is 0 Å². The molecule has 3 amide bonds. The highest BCUT2D eigenvalue weighted by molar-refractivity contribution is 8.15. The normalized spacial score (nSPS) is 16.2. The molecule has 1 aliphatic heterocycles. The number of alkyl carbamates (subject to hydrolysis) is 1. The van der Waals surface area contributed by atoms with Crippen molar-refractivity contribution >= 4 is 57.5 Å². The topological polar surface area (TPSA) is 100 Å². The van der Waals surface area contributed by atoms with Gasteiger partial charge in [-0.3, -0.25) is 14.5 Å². The van der Waals surface area contributed by atoms with E-state index in [9.17, 15) is 18.8 Å². The maximum Gasteiger partial charge on any atom is 0.408 e. The van der Waals surface area contributed by atoms with E-state index in [1.54, 1.807) is 59.6 Å². The SMILES string of the molecule is C[C@H](NC(=O)OCc1ccccc1)C(=O)Nc1ccc(C2S/C(=N\c3cccc(F)c3)N(CCc3cccs3)C2=O)cc1. The van der Waals surface area contributed by atoms with Crippen molar-refractivity contribution in [2.45, 2.75) is 31.2 Å². The fraction of sp³-hybridized carbons (Fsp3) is 0.188. The summed E-state index contributed by atoms with van der Waals surface area (Å²) in [5.74, 6) is -0.926. The number of thiophene rings is 1. The summed E-state index contributed by atoms with van der Waals surface area (Å²) < 4.78 is 19.0. The number of carbonyl (C=O) groups is 3. The number of thioether (sulfide) groups is 1. The van der Waals surface area contributed by atoms with E-state index in [0.29, 0.717) is 29.5 Å². The number of amides is 3. The molecule has 4 aromatic rings. The van der Waals surface area contributed by atoms with Crippen LogP contribution in [0.1, 0.15) is 28.2 Å². The quantitative estimate of drug-likeness (QED) is 0.207. The number of hydrogen-bond acceptors (Lipinski definition) is 7. The first-order valence-electron chi connectivity index (χ1n) is 13.6. The highest BCUT2D eigenvalue weighted by Crippen LogP contribution is 2.41. The van der Waals surface area contributed by atoms with Crippen LogP contribution in [0.3, 0.4) is 0 Å². The summed E-state index contributed by atoms with van der Waals surface area (Å²) in [5, 5.41) is 7.26. The average Bonchev–Trinajstić information content (AvgIpc) is 3.63. The lowest BCUT2D eigenvalue weighted by atomic mass is 10.1. The summed E-state index contributed by atoms with van der Waals surface area (Å²) in [6.07, 6.45) is -0.0199. The first-order chi connectivity index (χ1) is 20.9. The van der Waals surface area contributed by atoms with Crippen LogP contribution in [0.4, 0.5) is 20.6 Å². The molecule has 0 radical (unpaired) electrons. The van der Waals surface area contributed by atoms with Gasteiger partial charge in [-0.05, 0) is 66.2 Å². The Labute approximate surface area is 257 Å². The number of hydrogen-bond donors (Lipinski definition) is 2. The molecule has 0 saturated carbocycles. The Morgan fingerprint density at radius 3 is 2.53 bits per heavy atom.